The third-order valence-corrected chi connectivity index (χ3v) is 4.50. The fourth-order valence-corrected chi connectivity index (χ4v) is 2.90. The first-order valence-electron chi connectivity index (χ1n) is 6.27. The van der Waals surface area contributed by atoms with E-state index < -0.39 is 0 Å². The molecule has 0 amide bonds. The number of rotatable bonds is 3. The third-order valence-electron chi connectivity index (χ3n) is 3.30. The smallest absolute Gasteiger partial charge is 0.122 e. The molecule has 0 fully saturated rings. The van der Waals surface area contributed by atoms with Gasteiger partial charge < -0.3 is 10.1 Å². The first kappa shape index (κ1) is 13.9. The molecule has 1 N–H and O–H groups in total. The highest BCUT2D eigenvalue weighted by Gasteiger charge is 2.13. The van der Waals surface area contributed by atoms with Gasteiger partial charge in [-0.1, -0.05) is 34.8 Å². The van der Waals surface area contributed by atoms with E-state index >= 15 is 0 Å². The molecule has 3 rings (SSSR count). The number of nitrogens with one attached hydrogen (secondary N) is 1. The van der Waals surface area contributed by atoms with Gasteiger partial charge in [0.15, 0.2) is 0 Å². The van der Waals surface area contributed by atoms with Crippen LogP contribution in [0.5, 0.6) is 5.75 Å². The minimum Gasteiger partial charge on any atom is -0.493 e. The van der Waals surface area contributed by atoms with Gasteiger partial charge >= 0.3 is 0 Å². The Balaban J connectivity index is 1.79. The predicted octanol–water partition coefficient (Wildman–Crippen LogP) is 5.19. The number of anilines is 1. The predicted molar refractivity (Wildman–Crippen MR) is 84.4 cm³/mol. The van der Waals surface area contributed by atoms with Gasteiger partial charge in [0.05, 0.1) is 16.7 Å². The molecule has 0 saturated carbocycles. The van der Waals surface area contributed by atoms with Crippen LogP contribution >= 0.6 is 34.8 Å². The Bertz CT molecular complexity index is 658. The van der Waals surface area contributed by atoms with E-state index in [2.05, 4.69) is 11.4 Å². The highest BCUT2D eigenvalue weighted by molar-refractivity contribution is 6.44. The Morgan fingerprint density at radius 2 is 1.85 bits per heavy atom. The maximum atomic E-state index is 6.18. The molecule has 1 aliphatic rings. The summed E-state index contributed by atoms with van der Waals surface area (Å²) in [5.74, 6) is 0.967. The quantitative estimate of drug-likeness (QED) is 0.782. The van der Waals surface area contributed by atoms with Crippen molar-refractivity contribution < 1.29 is 4.74 Å². The summed E-state index contributed by atoms with van der Waals surface area (Å²) >= 11 is 18.3. The molecule has 2 nitrogen and oxygen atoms in total. The van der Waals surface area contributed by atoms with E-state index in [4.69, 9.17) is 39.5 Å². The molecular formula is C15H12Cl3NO. The van der Waals surface area contributed by atoms with Gasteiger partial charge in [0, 0.05) is 29.2 Å². The number of benzene rings is 2. The van der Waals surface area contributed by atoms with Crippen LogP contribution in [0, 0.1) is 0 Å². The summed E-state index contributed by atoms with van der Waals surface area (Å²) < 4.78 is 5.48. The lowest BCUT2D eigenvalue weighted by atomic mass is 10.1. The minimum atomic E-state index is 0.496. The molecule has 1 heterocycles. The van der Waals surface area contributed by atoms with Gasteiger partial charge in [-0.25, -0.2) is 0 Å². The molecule has 5 heteroatoms. The van der Waals surface area contributed by atoms with Gasteiger partial charge in [-0.05, 0) is 35.9 Å². The Labute approximate surface area is 132 Å². The molecular weight excluding hydrogens is 317 g/mol. The van der Waals surface area contributed by atoms with Crippen LogP contribution in [0.4, 0.5) is 5.69 Å². The van der Waals surface area contributed by atoms with Gasteiger partial charge in [0.25, 0.3) is 0 Å². The lowest BCUT2D eigenvalue weighted by molar-refractivity contribution is 0.357. The zero-order chi connectivity index (χ0) is 14.1. The van der Waals surface area contributed by atoms with Crippen molar-refractivity contribution in [3.63, 3.8) is 0 Å². The SMILES string of the molecule is Clc1ccc(Cl)c(CNc2ccc3c(c2)CCO3)c1Cl. The zero-order valence-corrected chi connectivity index (χ0v) is 12.8. The Morgan fingerprint density at radius 3 is 2.70 bits per heavy atom. The van der Waals surface area contributed by atoms with E-state index in [0.29, 0.717) is 21.6 Å². The van der Waals surface area contributed by atoms with Crippen molar-refractivity contribution >= 4 is 40.5 Å². The fraction of sp³-hybridized carbons (Fsp3) is 0.200. The summed E-state index contributed by atoms with van der Waals surface area (Å²) in [7, 11) is 0. The van der Waals surface area contributed by atoms with Gasteiger partial charge in [-0.15, -0.1) is 0 Å². The van der Waals surface area contributed by atoms with Gasteiger partial charge in [-0.2, -0.15) is 0 Å². The number of ether oxygens (including phenoxy) is 1. The van der Waals surface area contributed by atoms with E-state index in [1.54, 1.807) is 12.1 Å². The van der Waals surface area contributed by atoms with Crippen LogP contribution in [-0.2, 0) is 13.0 Å². The molecule has 0 spiro atoms. The van der Waals surface area contributed by atoms with Crippen LogP contribution in [0.25, 0.3) is 0 Å². The Morgan fingerprint density at radius 1 is 1.05 bits per heavy atom. The summed E-state index contributed by atoms with van der Waals surface area (Å²) in [6.45, 7) is 1.28. The van der Waals surface area contributed by atoms with Crippen molar-refractivity contribution in [1.82, 2.24) is 0 Å². The second-order valence-corrected chi connectivity index (χ2v) is 5.79. The van der Waals surface area contributed by atoms with Crippen molar-refractivity contribution in [1.29, 1.82) is 0 Å². The summed E-state index contributed by atoms with van der Waals surface area (Å²) in [6.07, 6.45) is 0.948. The molecule has 0 saturated heterocycles. The van der Waals surface area contributed by atoms with Gasteiger partial charge in [0.1, 0.15) is 5.75 Å². The van der Waals surface area contributed by atoms with E-state index in [9.17, 15) is 0 Å². The van der Waals surface area contributed by atoms with Crippen molar-refractivity contribution in [3.05, 3.63) is 56.5 Å². The average molecular weight is 329 g/mol. The van der Waals surface area contributed by atoms with Crippen molar-refractivity contribution in [2.24, 2.45) is 0 Å². The molecule has 0 bridgehead atoms. The lowest BCUT2D eigenvalue weighted by Gasteiger charge is -2.11. The van der Waals surface area contributed by atoms with Crippen LogP contribution in [0.3, 0.4) is 0 Å². The molecule has 104 valence electrons. The number of fused-ring (bicyclic) bond motifs is 1. The summed E-state index contributed by atoms with van der Waals surface area (Å²) in [5.41, 5.74) is 3.04. The molecule has 0 radical (unpaired) electrons. The van der Waals surface area contributed by atoms with E-state index in [1.165, 1.54) is 5.56 Å². The molecule has 0 aromatic heterocycles. The second-order valence-electron chi connectivity index (χ2n) is 4.60. The van der Waals surface area contributed by atoms with E-state index in [-0.39, 0.29) is 0 Å². The molecule has 0 aliphatic carbocycles. The highest BCUT2D eigenvalue weighted by Crippen LogP contribution is 2.33. The molecule has 0 atom stereocenters. The monoisotopic (exact) mass is 327 g/mol. The van der Waals surface area contributed by atoms with Crippen LogP contribution in [0.2, 0.25) is 15.1 Å². The van der Waals surface area contributed by atoms with Crippen molar-refractivity contribution in [2.75, 3.05) is 11.9 Å². The first-order valence-corrected chi connectivity index (χ1v) is 7.40. The van der Waals surface area contributed by atoms with Gasteiger partial charge in [0.2, 0.25) is 0 Å². The average Bonchev–Trinajstić information content (AvgIpc) is 2.90. The molecule has 2 aromatic rings. The third kappa shape index (κ3) is 2.69. The Kier molecular flexibility index (Phi) is 3.97. The standard InChI is InChI=1S/C15H12Cl3NO/c16-12-2-3-13(17)15(18)11(12)8-19-10-1-4-14-9(7-10)5-6-20-14/h1-4,7,19H,5-6,8H2. The minimum absolute atomic E-state index is 0.496. The normalized spacial score (nSPS) is 12.9. The maximum Gasteiger partial charge on any atom is 0.122 e. The highest BCUT2D eigenvalue weighted by atomic mass is 35.5. The fourth-order valence-electron chi connectivity index (χ4n) is 2.22. The van der Waals surface area contributed by atoms with Crippen LogP contribution in [0.1, 0.15) is 11.1 Å². The van der Waals surface area contributed by atoms with Crippen molar-refractivity contribution in [3.8, 4) is 5.75 Å². The largest absolute Gasteiger partial charge is 0.493 e. The molecule has 0 unspecified atom stereocenters. The summed E-state index contributed by atoms with van der Waals surface area (Å²) in [5, 5.41) is 4.93. The second kappa shape index (κ2) is 5.72. The Hall–Kier alpha value is -1.09. The molecule has 20 heavy (non-hydrogen) atoms. The molecule has 1 aliphatic heterocycles. The van der Waals surface area contributed by atoms with Crippen LogP contribution in [0.15, 0.2) is 30.3 Å². The number of hydrogen-bond acceptors (Lipinski definition) is 2. The van der Waals surface area contributed by atoms with Crippen LogP contribution < -0.4 is 10.1 Å². The lowest BCUT2D eigenvalue weighted by Crippen LogP contribution is -2.01. The van der Waals surface area contributed by atoms with E-state index in [0.717, 1.165) is 30.0 Å². The summed E-state index contributed by atoms with van der Waals surface area (Å²) in [6, 6.07) is 9.50. The number of hydrogen-bond donors (Lipinski definition) is 1. The number of halogens is 3. The zero-order valence-electron chi connectivity index (χ0n) is 10.6. The topological polar surface area (TPSA) is 21.3 Å². The first-order chi connectivity index (χ1) is 9.65. The van der Waals surface area contributed by atoms with Crippen molar-refractivity contribution in [2.45, 2.75) is 13.0 Å². The molecule has 2 aromatic carbocycles. The van der Waals surface area contributed by atoms with Crippen LogP contribution in [-0.4, -0.2) is 6.61 Å². The maximum absolute atomic E-state index is 6.18. The van der Waals surface area contributed by atoms with E-state index in [1.807, 2.05) is 12.1 Å². The van der Waals surface area contributed by atoms with Gasteiger partial charge in [-0.3, -0.25) is 0 Å². The summed E-state index contributed by atoms with van der Waals surface area (Å²) in [4.78, 5) is 0.